The highest BCUT2D eigenvalue weighted by molar-refractivity contribution is 7.19. The number of aliphatic hydroxyl groups excluding tert-OH is 1. The first kappa shape index (κ1) is 20.0. The average Bonchev–Trinajstić information content (AvgIpc) is 3.42. The molecule has 9 heteroatoms. The predicted molar refractivity (Wildman–Crippen MR) is 112 cm³/mol. The van der Waals surface area contributed by atoms with Gasteiger partial charge in [-0.15, -0.1) is 11.3 Å². The first-order chi connectivity index (χ1) is 15.1. The van der Waals surface area contributed by atoms with Crippen molar-refractivity contribution < 1.29 is 24.1 Å². The van der Waals surface area contributed by atoms with E-state index < -0.39 is 18.3 Å². The van der Waals surface area contributed by atoms with E-state index in [1.807, 2.05) is 24.3 Å². The molecule has 0 spiro atoms. The summed E-state index contributed by atoms with van der Waals surface area (Å²) in [4.78, 5) is 16.6. The molecule has 31 heavy (non-hydrogen) atoms. The van der Waals surface area contributed by atoms with Crippen LogP contribution >= 0.6 is 11.3 Å². The zero-order chi connectivity index (χ0) is 21.8. The number of allylic oxidation sites excluding steroid dienone is 1. The number of aromatic nitrogens is 1. The zero-order valence-electron chi connectivity index (χ0n) is 15.9. The fourth-order valence-corrected chi connectivity index (χ4v) is 3.79. The van der Waals surface area contributed by atoms with Crippen molar-refractivity contribution in [3.8, 4) is 23.6 Å². The molecule has 1 aromatic heterocycles. The molecule has 0 unspecified atom stereocenters. The third kappa shape index (κ3) is 4.17. The van der Waals surface area contributed by atoms with Gasteiger partial charge in [0.2, 0.25) is 6.79 Å². The van der Waals surface area contributed by atoms with Gasteiger partial charge < -0.3 is 19.3 Å². The second-order valence-electron chi connectivity index (χ2n) is 6.28. The number of esters is 1. The molecule has 3 aromatic rings. The lowest BCUT2D eigenvalue weighted by Crippen LogP contribution is -2.10. The van der Waals surface area contributed by atoms with Crippen molar-refractivity contribution in [2.75, 3.05) is 13.4 Å². The van der Waals surface area contributed by atoms with Crippen LogP contribution in [0.3, 0.4) is 0 Å². The monoisotopic (exact) mass is 431 g/mol. The number of carbonyl (C=O) groups is 1. The molecule has 0 aliphatic carbocycles. The van der Waals surface area contributed by atoms with Gasteiger partial charge in [-0.25, -0.2) is 9.78 Å². The Balaban J connectivity index is 1.50. The van der Waals surface area contributed by atoms with Gasteiger partial charge in [-0.05, 0) is 35.9 Å². The number of hydrogen-bond acceptors (Lipinski definition) is 9. The van der Waals surface area contributed by atoms with Gasteiger partial charge in [-0.1, -0.05) is 18.2 Å². The molecule has 0 saturated carbocycles. The lowest BCUT2D eigenvalue weighted by molar-refractivity contribution is -0.138. The van der Waals surface area contributed by atoms with E-state index in [9.17, 15) is 20.4 Å². The lowest BCUT2D eigenvalue weighted by atomic mass is 10.1. The topological polar surface area (TPSA) is 125 Å². The van der Waals surface area contributed by atoms with Crippen LogP contribution in [-0.2, 0) is 9.53 Å². The van der Waals surface area contributed by atoms with Gasteiger partial charge in [-0.3, -0.25) is 0 Å². The van der Waals surface area contributed by atoms with Gasteiger partial charge in [0.15, 0.2) is 17.3 Å². The summed E-state index contributed by atoms with van der Waals surface area (Å²) in [5, 5.41) is 29.4. The Hall–Kier alpha value is -4.34. The fraction of sp³-hybridized carbons (Fsp3) is 0.0909. The van der Waals surface area contributed by atoms with Gasteiger partial charge >= 0.3 is 5.97 Å². The van der Waals surface area contributed by atoms with E-state index >= 15 is 0 Å². The van der Waals surface area contributed by atoms with Gasteiger partial charge in [0.05, 0.1) is 10.2 Å². The molecule has 0 saturated heterocycles. The van der Waals surface area contributed by atoms with Crippen LogP contribution in [0.5, 0.6) is 11.5 Å². The summed E-state index contributed by atoms with van der Waals surface area (Å²) in [7, 11) is 0. The molecule has 2 aromatic carbocycles. The molecule has 1 aliphatic rings. The SMILES string of the molecule is N#CC(=Cc1ccc2c(c1)OCO2)C(=O)OC/C(O)=C(\C#N)c1nc2ccccc2s1. The lowest BCUT2D eigenvalue weighted by Gasteiger charge is -2.05. The Morgan fingerprint density at radius 2 is 2.00 bits per heavy atom. The largest absolute Gasteiger partial charge is 0.507 e. The number of nitriles is 2. The maximum absolute atomic E-state index is 12.3. The first-order valence-electron chi connectivity index (χ1n) is 8.96. The van der Waals surface area contributed by atoms with Crippen LogP contribution < -0.4 is 9.47 Å². The first-order valence-corrected chi connectivity index (χ1v) is 9.77. The van der Waals surface area contributed by atoms with Crippen LogP contribution in [0.1, 0.15) is 10.6 Å². The second-order valence-corrected chi connectivity index (χ2v) is 7.31. The minimum atomic E-state index is -0.937. The summed E-state index contributed by atoms with van der Waals surface area (Å²) in [6.07, 6.45) is 1.34. The third-order valence-corrected chi connectivity index (χ3v) is 5.35. The maximum Gasteiger partial charge on any atom is 0.349 e. The highest BCUT2D eigenvalue weighted by Gasteiger charge is 2.18. The summed E-state index contributed by atoms with van der Waals surface area (Å²) in [5.74, 6) is -0.301. The van der Waals surface area contributed by atoms with E-state index in [2.05, 4.69) is 4.98 Å². The van der Waals surface area contributed by atoms with Crippen LogP contribution in [0.2, 0.25) is 0 Å². The van der Waals surface area contributed by atoms with E-state index in [0.29, 0.717) is 27.6 Å². The van der Waals surface area contributed by atoms with Gasteiger partial charge in [0, 0.05) is 0 Å². The van der Waals surface area contributed by atoms with Crippen LogP contribution in [-0.4, -0.2) is 29.5 Å². The molecule has 4 rings (SSSR count). The minimum Gasteiger partial charge on any atom is -0.507 e. The number of nitrogens with zero attached hydrogens (tertiary/aromatic N) is 3. The molecule has 2 heterocycles. The Morgan fingerprint density at radius 1 is 1.19 bits per heavy atom. The molecule has 1 N–H and O–H groups in total. The van der Waals surface area contributed by atoms with Crippen molar-refractivity contribution in [3.63, 3.8) is 0 Å². The molecule has 1 aliphatic heterocycles. The smallest absolute Gasteiger partial charge is 0.349 e. The Bertz CT molecular complexity index is 1290. The van der Waals surface area contributed by atoms with E-state index in [1.54, 1.807) is 30.3 Å². The number of para-hydroxylation sites is 1. The van der Waals surface area contributed by atoms with Crippen molar-refractivity contribution in [3.05, 3.63) is 64.4 Å². The van der Waals surface area contributed by atoms with Crippen molar-refractivity contribution in [1.82, 2.24) is 4.98 Å². The number of aliphatic hydroxyl groups is 1. The summed E-state index contributed by atoms with van der Waals surface area (Å²) >= 11 is 1.24. The molecule has 8 nitrogen and oxygen atoms in total. The highest BCUT2D eigenvalue weighted by atomic mass is 32.1. The number of ether oxygens (including phenoxy) is 3. The third-order valence-electron chi connectivity index (χ3n) is 4.30. The van der Waals surface area contributed by atoms with E-state index in [1.165, 1.54) is 17.4 Å². The van der Waals surface area contributed by atoms with Crippen LogP contribution in [0, 0.1) is 22.7 Å². The molecule has 152 valence electrons. The molecule has 0 bridgehead atoms. The average molecular weight is 431 g/mol. The second kappa shape index (κ2) is 8.57. The highest BCUT2D eigenvalue weighted by Crippen LogP contribution is 2.33. The summed E-state index contributed by atoms with van der Waals surface area (Å²) < 4.78 is 16.4. The molecule has 0 amide bonds. The number of fused-ring (bicyclic) bond motifs is 2. The minimum absolute atomic E-state index is 0.0905. The number of thiazole rings is 1. The molecular formula is C22H13N3O5S. The zero-order valence-corrected chi connectivity index (χ0v) is 16.7. The number of hydrogen-bond donors (Lipinski definition) is 1. The van der Waals surface area contributed by atoms with E-state index in [4.69, 9.17) is 14.2 Å². The van der Waals surface area contributed by atoms with Gasteiger partial charge in [0.1, 0.15) is 34.9 Å². The van der Waals surface area contributed by atoms with Gasteiger partial charge in [0.25, 0.3) is 0 Å². The summed E-state index contributed by atoms with van der Waals surface area (Å²) in [5.41, 5.74) is 0.876. The van der Waals surface area contributed by atoms with Crippen molar-refractivity contribution >= 4 is 39.2 Å². The maximum atomic E-state index is 12.3. The fourth-order valence-electron chi connectivity index (χ4n) is 2.81. The van der Waals surface area contributed by atoms with Crippen LogP contribution in [0.4, 0.5) is 0 Å². The quantitative estimate of drug-likeness (QED) is 0.278. The predicted octanol–water partition coefficient (Wildman–Crippen LogP) is 3.97. The number of benzene rings is 2. The van der Waals surface area contributed by atoms with Crippen LogP contribution in [0.15, 0.2) is 53.8 Å². The number of carbonyl (C=O) groups excluding carboxylic acids is 1. The Labute approximate surface area is 180 Å². The molecule has 0 radical (unpaired) electrons. The molecule has 0 fully saturated rings. The van der Waals surface area contributed by atoms with E-state index in [-0.39, 0.29) is 17.9 Å². The number of rotatable bonds is 5. The Morgan fingerprint density at radius 3 is 2.77 bits per heavy atom. The van der Waals surface area contributed by atoms with Crippen molar-refractivity contribution in [2.45, 2.75) is 0 Å². The normalized spacial score (nSPS) is 13.3. The van der Waals surface area contributed by atoms with Crippen molar-refractivity contribution in [1.29, 1.82) is 10.5 Å². The van der Waals surface area contributed by atoms with Crippen LogP contribution in [0.25, 0.3) is 21.9 Å². The van der Waals surface area contributed by atoms with Crippen molar-refractivity contribution in [2.24, 2.45) is 0 Å². The van der Waals surface area contributed by atoms with E-state index in [0.717, 1.165) is 4.70 Å². The summed E-state index contributed by atoms with van der Waals surface area (Å²) in [6.45, 7) is -0.463. The standard InChI is InChI=1S/C22H13N3O5S/c23-9-14(7-13-5-6-18-19(8-13)30-12-29-18)22(27)28-11-17(26)15(10-24)21-25-16-3-1-2-4-20(16)31-21/h1-8,26H,11-12H2/b14-7?,17-15-. The molecular weight excluding hydrogens is 418 g/mol. The Kier molecular flexibility index (Phi) is 5.52. The van der Waals surface area contributed by atoms with Gasteiger partial charge in [-0.2, -0.15) is 10.5 Å². The molecule has 0 atom stereocenters. The summed E-state index contributed by atoms with van der Waals surface area (Å²) in [6, 6.07) is 15.9.